The summed E-state index contributed by atoms with van der Waals surface area (Å²) in [4.78, 5) is 11.7. The molecule has 0 bridgehead atoms. The van der Waals surface area contributed by atoms with E-state index >= 15 is 0 Å². The first-order valence-corrected chi connectivity index (χ1v) is 6.07. The van der Waals surface area contributed by atoms with Crippen molar-refractivity contribution in [1.29, 1.82) is 0 Å². The highest BCUT2D eigenvalue weighted by molar-refractivity contribution is 7.80. The average molecular weight is 267 g/mol. The Morgan fingerprint density at radius 2 is 1.94 bits per heavy atom. The van der Waals surface area contributed by atoms with Crippen molar-refractivity contribution < 1.29 is 14.3 Å². The molecule has 0 aliphatic heterocycles. The van der Waals surface area contributed by atoms with Gasteiger partial charge in [-0.1, -0.05) is 24.4 Å². The summed E-state index contributed by atoms with van der Waals surface area (Å²) in [6.45, 7) is 3.50. The minimum Gasteiger partial charge on any atom is -0.482 e. The summed E-state index contributed by atoms with van der Waals surface area (Å²) in [7, 11) is 0. The van der Waals surface area contributed by atoms with E-state index in [0.29, 0.717) is 17.2 Å². The highest BCUT2D eigenvalue weighted by Crippen LogP contribution is 2.12. The minimum atomic E-state index is -0.378. The van der Waals surface area contributed by atoms with E-state index in [0.717, 1.165) is 5.56 Å². The standard InChI is InChI=1S/C13H17NO3S/c1-9(2)17-13(15)8-16-11-5-3-10(4-6-11)7-12(14)18/h3-6,9H,7-8H2,1-2H3,(H2,14,18). The highest BCUT2D eigenvalue weighted by atomic mass is 32.1. The Labute approximate surface area is 112 Å². The summed E-state index contributed by atoms with van der Waals surface area (Å²) in [5.41, 5.74) is 6.46. The first kappa shape index (κ1) is 14.4. The van der Waals surface area contributed by atoms with Crippen LogP contribution in [0.2, 0.25) is 0 Å². The Balaban J connectivity index is 2.44. The third-order valence-electron chi connectivity index (χ3n) is 2.03. The highest BCUT2D eigenvalue weighted by Gasteiger charge is 2.06. The van der Waals surface area contributed by atoms with Crippen LogP contribution in [0, 0.1) is 0 Å². The summed E-state index contributed by atoms with van der Waals surface area (Å²) in [6, 6.07) is 7.27. The fourth-order valence-corrected chi connectivity index (χ4v) is 1.51. The Hall–Kier alpha value is -1.62. The largest absolute Gasteiger partial charge is 0.482 e. The van der Waals surface area contributed by atoms with E-state index in [1.807, 2.05) is 12.1 Å². The zero-order valence-corrected chi connectivity index (χ0v) is 11.3. The number of ether oxygens (including phenoxy) is 2. The van der Waals surface area contributed by atoms with Gasteiger partial charge in [0.25, 0.3) is 0 Å². The zero-order valence-electron chi connectivity index (χ0n) is 10.5. The van der Waals surface area contributed by atoms with E-state index < -0.39 is 0 Å². The Kier molecular flexibility index (Phi) is 5.58. The molecule has 4 nitrogen and oxygen atoms in total. The van der Waals surface area contributed by atoms with Crippen molar-refractivity contribution >= 4 is 23.2 Å². The van der Waals surface area contributed by atoms with Gasteiger partial charge in [0.2, 0.25) is 0 Å². The normalized spacial score (nSPS) is 10.2. The van der Waals surface area contributed by atoms with Crippen molar-refractivity contribution in [3.05, 3.63) is 29.8 Å². The topological polar surface area (TPSA) is 61.5 Å². The number of thiocarbonyl (C=S) groups is 1. The van der Waals surface area contributed by atoms with Gasteiger partial charge in [0.05, 0.1) is 11.1 Å². The maximum absolute atomic E-state index is 11.3. The van der Waals surface area contributed by atoms with Crippen molar-refractivity contribution in [1.82, 2.24) is 0 Å². The number of hydrogen-bond donors (Lipinski definition) is 1. The second-order valence-corrected chi connectivity index (χ2v) is 4.64. The molecule has 0 aliphatic rings. The third-order valence-corrected chi connectivity index (χ3v) is 2.17. The molecule has 0 saturated carbocycles. The lowest BCUT2D eigenvalue weighted by molar-refractivity contribution is -0.149. The van der Waals surface area contributed by atoms with Gasteiger partial charge in [0.15, 0.2) is 6.61 Å². The number of rotatable bonds is 6. The predicted octanol–water partition coefficient (Wildman–Crippen LogP) is 1.85. The molecule has 0 spiro atoms. The second-order valence-electron chi connectivity index (χ2n) is 4.11. The molecule has 0 heterocycles. The van der Waals surface area contributed by atoms with E-state index in [-0.39, 0.29) is 18.7 Å². The Morgan fingerprint density at radius 3 is 2.44 bits per heavy atom. The van der Waals surface area contributed by atoms with Gasteiger partial charge < -0.3 is 15.2 Å². The molecule has 0 aromatic heterocycles. The van der Waals surface area contributed by atoms with Crippen LogP contribution in [0.3, 0.4) is 0 Å². The smallest absolute Gasteiger partial charge is 0.344 e. The summed E-state index contributed by atoms with van der Waals surface area (Å²) in [5.74, 6) is 0.236. The lowest BCUT2D eigenvalue weighted by atomic mass is 10.1. The van der Waals surface area contributed by atoms with E-state index in [9.17, 15) is 4.79 Å². The maximum atomic E-state index is 11.3. The maximum Gasteiger partial charge on any atom is 0.344 e. The van der Waals surface area contributed by atoms with Gasteiger partial charge in [-0.3, -0.25) is 0 Å². The first-order chi connectivity index (χ1) is 8.47. The molecule has 18 heavy (non-hydrogen) atoms. The van der Waals surface area contributed by atoms with E-state index in [1.165, 1.54) is 0 Å². The molecule has 0 unspecified atom stereocenters. The van der Waals surface area contributed by atoms with Crippen LogP contribution in [0.15, 0.2) is 24.3 Å². The molecular weight excluding hydrogens is 250 g/mol. The first-order valence-electron chi connectivity index (χ1n) is 5.67. The number of carbonyl (C=O) groups excluding carboxylic acids is 1. The van der Waals surface area contributed by atoms with Crippen LogP contribution in [-0.2, 0) is 16.0 Å². The quantitative estimate of drug-likeness (QED) is 0.629. The molecule has 0 atom stereocenters. The fraction of sp³-hybridized carbons (Fsp3) is 0.385. The summed E-state index contributed by atoms with van der Waals surface area (Å²) in [6.07, 6.45) is 0.430. The Bertz CT molecular complexity index is 415. The minimum absolute atomic E-state index is 0.0904. The molecule has 1 aromatic carbocycles. The van der Waals surface area contributed by atoms with Gasteiger partial charge in [-0.2, -0.15) is 0 Å². The molecule has 2 N–H and O–H groups in total. The van der Waals surface area contributed by atoms with Gasteiger partial charge in [-0.05, 0) is 31.5 Å². The van der Waals surface area contributed by atoms with Gasteiger partial charge in [-0.25, -0.2) is 4.79 Å². The van der Waals surface area contributed by atoms with Gasteiger partial charge >= 0.3 is 5.97 Å². The van der Waals surface area contributed by atoms with Crippen LogP contribution in [0.4, 0.5) is 0 Å². The monoisotopic (exact) mass is 267 g/mol. The van der Waals surface area contributed by atoms with Crippen molar-refractivity contribution in [3.63, 3.8) is 0 Å². The molecule has 0 aliphatic carbocycles. The van der Waals surface area contributed by atoms with Crippen LogP contribution < -0.4 is 10.5 Å². The molecule has 0 amide bonds. The van der Waals surface area contributed by atoms with Gasteiger partial charge in [-0.15, -0.1) is 0 Å². The molecule has 98 valence electrons. The van der Waals surface area contributed by atoms with Crippen LogP contribution >= 0.6 is 12.2 Å². The molecule has 0 fully saturated rings. The van der Waals surface area contributed by atoms with Crippen molar-refractivity contribution in [2.45, 2.75) is 26.4 Å². The summed E-state index contributed by atoms with van der Waals surface area (Å²) < 4.78 is 10.2. The van der Waals surface area contributed by atoms with E-state index in [4.69, 9.17) is 27.4 Å². The number of benzene rings is 1. The van der Waals surface area contributed by atoms with Crippen molar-refractivity contribution in [3.8, 4) is 5.75 Å². The van der Waals surface area contributed by atoms with Crippen molar-refractivity contribution in [2.75, 3.05) is 6.61 Å². The SMILES string of the molecule is CC(C)OC(=O)COc1ccc(CC(N)=S)cc1. The summed E-state index contributed by atoms with van der Waals surface area (Å²) >= 11 is 4.82. The molecule has 1 rings (SSSR count). The zero-order chi connectivity index (χ0) is 13.5. The fourth-order valence-electron chi connectivity index (χ4n) is 1.34. The lowest BCUT2D eigenvalue weighted by Gasteiger charge is -2.09. The second kappa shape index (κ2) is 6.96. The number of hydrogen-bond acceptors (Lipinski definition) is 4. The number of esters is 1. The average Bonchev–Trinajstić information content (AvgIpc) is 2.26. The van der Waals surface area contributed by atoms with Crippen LogP contribution in [0.1, 0.15) is 19.4 Å². The summed E-state index contributed by atoms with van der Waals surface area (Å²) in [5, 5.41) is 0. The molecular formula is C13H17NO3S. The van der Waals surface area contributed by atoms with Gasteiger partial charge in [0, 0.05) is 6.42 Å². The molecule has 5 heteroatoms. The van der Waals surface area contributed by atoms with E-state index in [1.54, 1.807) is 26.0 Å². The van der Waals surface area contributed by atoms with Crippen LogP contribution in [0.5, 0.6) is 5.75 Å². The van der Waals surface area contributed by atoms with Crippen molar-refractivity contribution in [2.24, 2.45) is 5.73 Å². The van der Waals surface area contributed by atoms with Crippen LogP contribution in [-0.4, -0.2) is 23.7 Å². The van der Waals surface area contributed by atoms with E-state index in [2.05, 4.69) is 0 Å². The van der Waals surface area contributed by atoms with Gasteiger partial charge in [0.1, 0.15) is 5.75 Å². The predicted molar refractivity (Wildman–Crippen MR) is 73.7 cm³/mol. The molecule has 0 radical (unpaired) electrons. The third kappa shape index (κ3) is 5.63. The Morgan fingerprint density at radius 1 is 1.33 bits per heavy atom. The molecule has 1 aromatic rings. The number of nitrogens with two attached hydrogens (primary N) is 1. The molecule has 0 saturated heterocycles. The van der Waals surface area contributed by atoms with Crippen LogP contribution in [0.25, 0.3) is 0 Å². The lowest BCUT2D eigenvalue weighted by Crippen LogP contribution is -2.18. The number of carbonyl (C=O) groups is 1.